The van der Waals surface area contributed by atoms with Crippen LogP contribution in [0.5, 0.6) is 5.75 Å². The molecule has 0 fully saturated rings. The van der Waals surface area contributed by atoms with E-state index in [0.717, 1.165) is 12.1 Å². The number of halogens is 1. The lowest BCUT2D eigenvalue weighted by atomic mass is 10.2. The highest BCUT2D eigenvalue weighted by Gasteiger charge is 2.21. The van der Waals surface area contributed by atoms with E-state index in [2.05, 4.69) is 0 Å². The molecule has 0 bridgehead atoms. The Balaban J connectivity index is 1.96. The molecule has 1 amide bonds. The Morgan fingerprint density at radius 2 is 1.80 bits per heavy atom. The molecule has 6 nitrogen and oxygen atoms in total. The first kappa shape index (κ1) is 18.4. The van der Waals surface area contributed by atoms with Crippen molar-refractivity contribution in [3.05, 3.63) is 65.5 Å². The SMILES string of the molecule is CC(Oc1ccc(C#N)cc1)C(=O)NS(=O)(=O)Cc1ccc(F)cc1. The van der Waals surface area contributed by atoms with Crippen LogP contribution in [0.3, 0.4) is 0 Å². The molecule has 0 aliphatic carbocycles. The number of benzene rings is 2. The first-order chi connectivity index (χ1) is 11.8. The van der Waals surface area contributed by atoms with Crippen LogP contribution in [0.25, 0.3) is 0 Å². The monoisotopic (exact) mass is 362 g/mol. The third-order valence-corrected chi connectivity index (χ3v) is 4.42. The molecule has 0 radical (unpaired) electrons. The van der Waals surface area contributed by atoms with Gasteiger partial charge in [-0.05, 0) is 48.9 Å². The second-order valence-corrected chi connectivity index (χ2v) is 6.97. The summed E-state index contributed by atoms with van der Waals surface area (Å²) in [5, 5.41) is 8.72. The maximum absolute atomic E-state index is 12.8. The molecule has 1 unspecified atom stereocenters. The molecular weight excluding hydrogens is 347 g/mol. The quantitative estimate of drug-likeness (QED) is 0.849. The van der Waals surface area contributed by atoms with Gasteiger partial charge < -0.3 is 4.74 Å². The first-order valence-electron chi connectivity index (χ1n) is 7.24. The number of rotatable bonds is 6. The van der Waals surface area contributed by atoms with E-state index in [-0.39, 0.29) is 0 Å². The first-order valence-corrected chi connectivity index (χ1v) is 8.90. The van der Waals surface area contributed by atoms with E-state index >= 15 is 0 Å². The van der Waals surface area contributed by atoms with E-state index in [1.165, 1.54) is 43.3 Å². The zero-order valence-corrected chi connectivity index (χ0v) is 14.1. The Labute approximate surface area is 144 Å². The largest absolute Gasteiger partial charge is 0.481 e. The van der Waals surface area contributed by atoms with Crippen LogP contribution in [0.1, 0.15) is 18.1 Å². The van der Waals surface area contributed by atoms with Gasteiger partial charge in [0, 0.05) is 0 Å². The number of ether oxygens (including phenoxy) is 1. The molecule has 8 heteroatoms. The molecular formula is C17H15FN2O4S. The van der Waals surface area contributed by atoms with Gasteiger partial charge in [0.15, 0.2) is 6.10 Å². The fourth-order valence-electron chi connectivity index (χ4n) is 1.94. The molecule has 0 saturated heterocycles. The van der Waals surface area contributed by atoms with Crippen LogP contribution in [-0.4, -0.2) is 20.4 Å². The molecule has 2 aromatic carbocycles. The molecule has 0 aliphatic rings. The van der Waals surface area contributed by atoms with E-state index in [1.807, 2.05) is 10.8 Å². The van der Waals surface area contributed by atoms with E-state index in [0.29, 0.717) is 16.9 Å². The molecule has 1 atom stereocenters. The van der Waals surface area contributed by atoms with Crippen LogP contribution >= 0.6 is 0 Å². The minimum Gasteiger partial charge on any atom is -0.481 e. The van der Waals surface area contributed by atoms with Crippen molar-refractivity contribution in [2.24, 2.45) is 0 Å². The molecule has 130 valence electrons. The molecule has 0 heterocycles. The highest BCUT2D eigenvalue weighted by molar-refractivity contribution is 7.89. The zero-order valence-electron chi connectivity index (χ0n) is 13.3. The smallest absolute Gasteiger partial charge is 0.274 e. The van der Waals surface area contributed by atoms with E-state index in [9.17, 15) is 17.6 Å². The number of carbonyl (C=O) groups excluding carboxylic acids is 1. The van der Waals surface area contributed by atoms with Crippen LogP contribution in [0.4, 0.5) is 4.39 Å². The van der Waals surface area contributed by atoms with Gasteiger partial charge in [0.1, 0.15) is 11.6 Å². The maximum Gasteiger partial charge on any atom is 0.274 e. The predicted octanol–water partition coefficient (Wildman–Crippen LogP) is 2.11. The van der Waals surface area contributed by atoms with Gasteiger partial charge in [0.2, 0.25) is 10.0 Å². The van der Waals surface area contributed by atoms with Crippen molar-refractivity contribution in [2.75, 3.05) is 0 Å². The van der Waals surface area contributed by atoms with Crippen molar-refractivity contribution >= 4 is 15.9 Å². The van der Waals surface area contributed by atoms with Crippen molar-refractivity contribution in [1.82, 2.24) is 4.72 Å². The molecule has 0 aromatic heterocycles. The highest BCUT2D eigenvalue weighted by Crippen LogP contribution is 2.14. The molecule has 2 aromatic rings. The number of sulfonamides is 1. The van der Waals surface area contributed by atoms with Gasteiger partial charge in [-0.15, -0.1) is 0 Å². The van der Waals surface area contributed by atoms with Crippen molar-refractivity contribution in [3.63, 3.8) is 0 Å². The van der Waals surface area contributed by atoms with Crippen LogP contribution in [-0.2, 0) is 20.6 Å². The minimum absolute atomic E-state index is 0.331. The number of amides is 1. The number of carbonyl (C=O) groups is 1. The third kappa shape index (κ3) is 5.58. The van der Waals surface area contributed by atoms with Gasteiger partial charge in [-0.2, -0.15) is 5.26 Å². The third-order valence-electron chi connectivity index (χ3n) is 3.19. The van der Waals surface area contributed by atoms with Crippen molar-refractivity contribution < 1.29 is 22.3 Å². The summed E-state index contributed by atoms with van der Waals surface area (Å²) < 4.78 is 44.1. The summed E-state index contributed by atoms with van der Waals surface area (Å²) in [6.45, 7) is 1.40. The van der Waals surface area contributed by atoms with Gasteiger partial charge in [0.05, 0.1) is 17.4 Å². The van der Waals surface area contributed by atoms with E-state index in [1.54, 1.807) is 0 Å². The summed E-state index contributed by atoms with van der Waals surface area (Å²) in [6, 6.07) is 12.9. The van der Waals surface area contributed by atoms with E-state index < -0.39 is 33.6 Å². The lowest BCUT2D eigenvalue weighted by Crippen LogP contribution is -2.40. The molecule has 25 heavy (non-hydrogen) atoms. The van der Waals surface area contributed by atoms with Gasteiger partial charge in [-0.3, -0.25) is 4.79 Å². The topological polar surface area (TPSA) is 96.3 Å². The van der Waals surface area contributed by atoms with Gasteiger partial charge in [0.25, 0.3) is 5.91 Å². The highest BCUT2D eigenvalue weighted by atomic mass is 32.2. The molecule has 0 spiro atoms. The molecule has 0 saturated carbocycles. The second kappa shape index (κ2) is 7.77. The number of hydrogen-bond donors (Lipinski definition) is 1. The Morgan fingerprint density at radius 1 is 1.20 bits per heavy atom. The van der Waals surface area contributed by atoms with Gasteiger partial charge >= 0.3 is 0 Å². The Hall–Kier alpha value is -2.92. The Bertz CT molecular complexity index is 888. The summed E-state index contributed by atoms with van der Waals surface area (Å²) in [5.41, 5.74) is 0.786. The van der Waals surface area contributed by atoms with Crippen LogP contribution < -0.4 is 9.46 Å². The number of hydrogen-bond acceptors (Lipinski definition) is 5. The fraction of sp³-hybridized carbons (Fsp3) is 0.176. The van der Waals surface area contributed by atoms with Crippen LogP contribution in [0, 0.1) is 17.1 Å². The van der Waals surface area contributed by atoms with Crippen LogP contribution in [0.15, 0.2) is 48.5 Å². The second-order valence-electron chi connectivity index (χ2n) is 5.25. The maximum atomic E-state index is 12.8. The fourth-order valence-corrected chi connectivity index (χ4v) is 3.11. The summed E-state index contributed by atoms with van der Waals surface area (Å²) in [5.74, 6) is -1.43. The molecule has 1 N–H and O–H groups in total. The summed E-state index contributed by atoms with van der Waals surface area (Å²) in [4.78, 5) is 12.0. The number of nitriles is 1. The van der Waals surface area contributed by atoms with Crippen molar-refractivity contribution in [2.45, 2.75) is 18.8 Å². The zero-order chi connectivity index (χ0) is 18.4. The summed E-state index contributed by atoms with van der Waals surface area (Å²) >= 11 is 0. The minimum atomic E-state index is -3.94. The van der Waals surface area contributed by atoms with E-state index in [4.69, 9.17) is 10.00 Å². The molecule has 0 aliphatic heterocycles. The van der Waals surface area contributed by atoms with Crippen molar-refractivity contribution in [1.29, 1.82) is 5.26 Å². The molecule has 2 rings (SSSR count). The normalized spacial score (nSPS) is 12.0. The number of nitrogens with zero attached hydrogens (tertiary/aromatic N) is 1. The predicted molar refractivity (Wildman–Crippen MR) is 88.4 cm³/mol. The lowest BCUT2D eigenvalue weighted by Gasteiger charge is -2.15. The van der Waals surface area contributed by atoms with Crippen molar-refractivity contribution in [3.8, 4) is 11.8 Å². The average molecular weight is 362 g/mol. The Morgan fingerprint density at radius 3 is 2.36 bits per heavy atom. The summed E-state index contributed by atoms with van der Waals surface area (Å²) in [6.07, 6.45) is -1.06. The van der Waals surface area contributed by atoms with Crippen LogP contribution in [0.2, 0.25) is 0 Å². The number of nitrogens with one attached hydrogen (secondary N) is 1. The summed E-state index contributed by atoms with van der Waals surface area (Å²) in [7, 11) is -3.94. The standard InChI is InChI=1S/C17H15FN2O4S/c1-12(24-16-8-4-13(10-19)5-9-16)17(21)20-25(22,23)11-14-2-6-15(18)7-3-14/h2-9,12H,11H2,1H3,(H,20,21). The average Bonchev–Trinajstić information content (AvgIpc) is 2.57. The Kier molecular flexibility index (Phi) is 5.72. The van der Waals surface area contributed by atoms with Gasteiger partial charge in [-0.1, -0.05) is 12.1 Å². The lowest BCUT2D eigenvalue weighted by molar-refractivity contribution is -0.125. The van der Waals surface area contributed by atoms with Gasteiger partial charge in [-0.25, -0.2) is 17.5 Å².